The summed E-state index contributed by atoms with van der Waals surface area (Å²) in [4.78, 5) is 2.53. The zero-order valence-corrected chi connectivity index (χ0v) is 43.6. The molecular formula is C71H57NO2. The number of furan rings is 2. The summed E-state index contributed by atoms with van der Waals surface area (Å²) in [5, 5.41) is 7.15. The summed E-state index contributed by atoms with van der Waals surface area (Å²) in [6, 6.07) is 67.9. The Kier molecular flexibility index (Phi) is 8.54. The highest BCUT2D eigenvalue weighted by Crippen LogP contribution is 2.64. The minimum Gasteiger partial charge on any atom is -0.455 e. The Bertz CT molecular complexity index is 4420. The predicted octanol–water partition coefficient (Wildman–Crippen LogP) is 20.0. The average Bonchev–Trinajstić information content (AvgIpc) is 4.20. The Balaban J connectivity index is 0.955. The third kappa shape index (κ3) is 5.62. The molecule has 0 aliphatic heterocycles. The van der Waals surface area contributed by atoms with Crippen molar-refractivity contribution >= 4 is 71.7 Å². The molecule has 10 aromatic carbocycles. The summed E-state index contributed by atoms with van der Waals surface area (Å²) in [7, 11) is 0. The SMILES string of the molecule is CC(C)(C)c1ccc(-c2cc3c(c4c2oc2ccccc24)-c2ccc(N(c4ccc5c(c4)C(C)(C)c4c6c(c7oc8ccccc8c7c4-5)-c4ccccc4C6(C)C)c4cccc5ccccc45)cc2C3(C)C)cc1. The van der Waals surface area contributed by atoms with Crippen LogP contribution in [0.15, 0.2) is 191 Å². The summed E-state index contributed by atoms with van der Waals surface area (Å²) in [6.45, 7) is 21.4. The van der Waals surface area contributed by atoms with Gasteiger partial charge in [0.1, 0.15) is 22.3 Å². The van der Waals surface area contributed by atoms with E-state index in [1.807, 2.05) is 0 Å². The van der Waals surface area contributed by atoms with Crippen LogP contribution in [0.5, 0.6) is 0 Å². The minimum absolute atomic E-state index is 0.0558. The number of nitrogens with zero attached hydrogens (tertiary/aromatic N) is 1. The zero-order valence-electron chi connectivity index (χ0n) is 43.6. The molecule has 2 aromatic heterocycles. The van der Waals surface area contributed by atoms with E-state index < -0.39 is 0 Å². The van der Waals surface area contributed by atoms with Crippen LogP contribution in [-0.2, 0) is 21.7 Å². The third-order valence-corrected chi connectivity index (χ3v) is 17.7. The number of rotatable bonds is 4. The predicted molar refractivity (Wildman–Crippen MR) is 310 cm³/mol. The van der Waals surface area contributed by atoms with Crippen molar-refractivity contribution in [1.29, 1.82) is 0 Å². The van der Waals surface area contributed by atoms with Gasteiger partial charge in [-0.3, -0.25) is 0 Å². The summed E-state index contributed by atoms with van der Waals surface area (Å²) < 4.78 is 13.9. The van der Waals surface area contributed by atoms with Crippen LogP contribution in [0.25, 0.3) is 99.2 Å². The van der Waals surface area contributed by atoms with Crippen LogP contribution in [0.4, 0.5) is 17.1 Å². The van der Waals surface area contributed by atoms with Crippen molar-refractivity contribution in [2.24, 2.45) is 0 Å². The smallest absolute Gasteiger partial charge is 0.144 e. The lowest BCUT2D eigenvalue weighted by Crippen LogP contribution is -2.24. The lowest BCUT2D eigenvalue weighted by atomic mass is 9.72. The van der Waals surface area contributed by atoms with Crippen molar-refractivity contribution in [2.75, 3.05) is 4.90 Å². The van der Waals surface area contributed by atoms with E-state index in [9.17, 15) is 0 Å². The van der Waals surface area contributed by atoms with Gasteiger partial charge >= 0.3 is 0 Å². The monoisotopic (exact) mass is 955 g/mol. The van der Waals surface area contributed by atoms with E-state index in [2.05, 4.69) is 249 Å². The Morgan fingerprint density at radius 2 is 0.919 bits per heavy atom. The van der Waals surface area contributed by atoms with Crippen LogP contribution in [0.1, 0.15) is 101 Å². The fourth-order valence-electron chi connectivity index (χ4n) is 14.1. The van der Waals surface area contributed by atoms with Crippen molar-refractivity contribution in [3.8, 4) is 44.5 Å². The van der Waals surface area contributed by atoms with Gasteiger partial charge in [0.25, 0.3) is 0 Å². The van der Waals surface area contributed by atoms with Gasteiger partial charge in [-0.2, -0.15) is 0 Å². The van der Waals surface area contributed by atoms with E-state index in [0.29, 0.717) is 0 Å². The van der Waals surface area contributed by atoms with Gasteiger partial charge < -0.3 is 13.7 Å². The minimum atomic E-state index is -0.341. The number of fused-ring (bicyclic) bond motifs is 20. The molecule has 0 unspecified atom stereocenters. The molecule has 0 bridgehead atoms. The van der Waals surface area contributed by atoms with Gasteiger partial charge in [0.2, 0.25) is 0 Å². The topological polar surface area (TPSA) is 29.5 Å². The van der Waals surface area contributed by atoms with Crippen LogP contribution in [0.2, 0.25) is 0 Å². The molecule has 0 spiro atoms. The maximum Gasteiger partial charge on any atom is 0.144 e. The zero-order chi connectivity index (χ0) is 50.4. The molecule has 3 aliphatic carbocycles. The highest BCUT2D eigenvalue weighted by Gasteiger charge is 2.49. The molecule has 15 rings (SSSR count). The molecule has 2 heterocycles. The van der Waals surface area contributed by atoms with E-state index in [0.717, 1.165) is 50.3 Å². The van der Waals surface area contributed by atoms with E-state index in [4.69, 9.17) is 8.83 Å². The van der Waals surface area contributed by atoms with Gasteiger partial charge in [-0.05, 0) is 132 Å². The Labute approximate surface area is 432 Å². The fourth-order valence-corrected chi connectivity index (χ4v) is 14.1. The molecule has 0 saturated heterocycles. The molecule has 0 amide bonds. The van der Waals surface area contributed by atoms with E-state index >= 15 is 0 Å². The number of benzene rings is 10. The second kappa shape index (κ2) is 14.5. The summed E-state index contributed by atoms with van der Waals surface area (Å²) >= 11 is 0. The lowest BCUT2D eigenvalue weighted by molar-refractivity contribution is 0.590. The second-order valence-corrected chi connectivity index (χ2v) is 24.0. The van der Waals surface area contributed by atoms with Crippen molar-refractivity contribution in [3.05, 3.63) is 221 Å². The quantitative estimate of drug-likeness (QED) is 0.176. The van der Waals surface area contributed by atoms with Crippen molar-refractivity contribution in [3.63, 3.8) is 0 Å². The fraction of sp³-hybridized carbons (Fsp3) is 0.183. The van der Waals surface area contributed by atoms with E-state index in [1.165, 1.54) is 105 Å². The average molecular weight is 956 g/mol. The molecule has 3 nitrogen and oxygen atoms in total. The first-order chi connectivity index (χ1) is 35.6. The van der Waals surface area contributed by atoms with Crippen LogP contribution < -0.4 is 4.90 Å². The van der Waals surface area contributed by atoms with Gasteiger partial charge in [0.15, 0.2) is 0 Å². The van der Waals surface area contributed by atoms with Crippen molar-refractivity contribution in [1.82, 2.24) is 0 Å². The first-order valence-corrected chi connectivity index (χ1v) is 26.4. The molecule has 0 fully saturated rings. The summed E-state index contributed by atoms with van der Waals surface area (Å²) in [6.07, 6.45) is 0. The molecule has 3 aliphatic rings. The van der Waals surface area contributed by atoms with Gasteiger partial charge in [0.05, 0.1) is 5.69 Å². The molecular weight excluding hydrogens is 899 g/mol. The van der Waals surface area contributed by atoms with Gasteiger partial charge in [0, 0.05) is 65.7 Å². The van der Waals surface area contributed by atoms with Crippen molar-refractivity contribution < 1.29 is 8.83 Å². The van der Waals surface area contributed by atoms with Crippen LogP contribution in [0, 0.1) is 0 Å². The Hall–Kier alpha value is -8.14. The standard InChI is InChI=1S/C71H57NO2/c1-68(2,3)42-31-29-41(30-32-42)51-39-55-59(61-49-23-13-16-27-57(49)73-66(51)61)47-35-33-43(37-53(47)69(55,4)5)72(56-26-18-20-40-19-10-11-21-45(40)56)44-34-36-48-54(38-44)71(8,9)64-60(48)62-50-24-14-17-28-58(50)74-67(62)63-46-22-12-15-25-52(46)70(6,7)65(63)64/h10-39H,1-9H3. The Morgan fingerprint density at radius 1 is 0.392 bits per heavy atom. The highest BCUT2D eigenvalue weighted by molar-refractivity contribution is 6.22. The number of hydrogen-bond acceptors (Lipinski definition) is 3. The van der Waals surface area contributed by atoms with Gasteiger partial charge in [-0.1, -0.05) is 196 Å². The first-order valence-electron chi connectivity index (χ1n) is 26.4. The summed E-state index contributed by atoms with van der Waals surface area (Å²) in [5.41, 5.74) is 25.7. The lowest BCUT2D eigenvalue weighted by Gasteiger charge is -2.32. The molecule has 74 heavy (non-hydrogen) atoms. The third-order valence-electron chi connectivity index (χ3n) is 17.7. The van der Waals surface area contributed by atoms with Gasteiger partial charge in [-0.25, -0.2) is 0 Å². The largest absolute Gasteiger partial charge is 0.455 e. The number of para-hydroxylation sites is 2. The normalized spacial score (nSPS) is 15.4. The number of hydrogen-bond donors (Lipinski definition) is 0. The molecule has 358 valence electrons. The number of anilines is 3. The molecule has 12 aromatic rings. The molecule has 0 atom stereocenters. The van der Waals surface area contributed by atoms with E-state index in [-0.39, 0.29) is 21.7 Å². The maximum atomic E-state index is 7.02. The van der Waals surface area contributed by atoms with Crippen LogP contribution in [0.3, 0.4) is 0 Å². The first kappa shape index (κ1) is 43.4. The highest BCUT2D eigenvalue weighted by atomic mass is 16.3. The maximum absolute atomic E-state index is 7.02. The molecule has 3 heteroatoms. The van der Waals surface area contributed by atoms with Crippen molar-refractivity contribution in [2.45, 2.75) is 84.0 Å². The van der Waals surface area contributed by atoms with Crippen LogP contribution >= 0.6 is 0 Å². The molecule has 0 N–H and O–H groups in total. The van der Waals surface area contributed by atoms with E-state index in [1.54, 1.807) is 0 Å². The Morgan fingerprint density at radius 3 is 1.61 bits per heavy atom. The van der Waals surface area contributed by atoms with Gasteiger partial charge in [-0.15, -0.1) is 0 Å². The second-order valence-electron chi connectivity index (χ2n) is 24.0. The summed E-state index contributed by atoms with van der Waals surface area (Å²) in [5.74, 6) is 0. The van der Waals surface area contributed by atoms with Crippen LogP contribution in [-0.4, -0.2) is 0 Å². The molecule has 0 radical (unpaired) electrons. The molecule has 0 saturated carbocycles.